The van der Waals surface area contributed by atoms with Crippen LogP contribution in [0.15, 0.2) is 34.5 Å². The first-order chi connectivity index (χ1) is 12.9. The van der Waals surface area contributed by atoms with Crippen molar-refractivity contribution in [3.05, 3.63) is 35.0 Å². The number of carbonyl (C=O) groups is 3. The zero-order chi connectivity index (χ0) is 19.7. The molecule has 4 N–H and O–H groups in total. The van der Waals surface area contributed by atoms with Gasteiger partial charge in [-0.1, -0.05) is 17.8 Å². The summed E-state index contributed by atoms with van der Waals surface area (Å²) >= 11 is 2.47. The van der Waals surface area contributed by atoms with Crippen LogP contribution in [0.25, 0.3) is 0 Å². The van der Waals surface area contributed by atoms with Crippen molar-refractivity contribution in [2.24, 2.45) is 5.16 Å². The Balaban J connectivity index is 1.80. The van der Waals surface area contributed by atoms with Gasteiger partial charge >= 0.3 is 5.97 Å². The summed E-state index contributed by atoms with van der Waals surface area (Å²) in [5, 5.41) is 16.9. The molecule has 0 spiro atoms. The van der Waals surface area contributed by atoms with Crippen molar-refractivity contribution in [3.63, 3.8) is 0 Å². The monoisotopic (exact) mass is 409 g/mol. The number of anilines is 1. The van der Waals surface area contributed by atoms with Crippen molar-refractivity contribution >= 4 is 51.7 Å². The van der Waals surface area contributed by atoms with E-state index in [1.165, 1.54) is 24.9 Å². The van der Waals surface area contributed by atoms with E-state index in [2.05, 4.69) is 26.9 Å². The minimum atomic E-state index is -1.21. The smallest absolute Gasteiger partial charge is 0.352 e. The number of carboxylic acids is 1. The van der Waals surface area contributed by atoms with Crippen LogP contribution in [0.5, 0.6) is 0 Å². The minimum absolute atomic E-state index is 0.109. The Morgan fingerprint density at radius 3 is 2.89 bits per heavy atom. The van der Waals surface area contributed by atoms with Gasteiger partial charge in [0, 0.05) is 11.1 Å². The number of nitrogens with zero attached hydrogens (tertiary/aromatic N) is 3. The van der Waals surface area contributed by atoms with Crippen molar-refractivity contribution in [1.82, 2.24) is 15.2 Å². The number of thioether (sulfide) groups is 1. The van der Waals surface area contributed by atoms with E-state index in [9.17, 15) is 19.5 Å². The number of aliphatic carboxylic acids is 1. The second-order valence-electron chi connectivity index (χ2n) is 5.44. The summed E-state index contributed by atoms with van der Waals surface area (Å²) in [5.41, 5.74) is 6.02. The van der Waals surface area contributed by atoms with Crippen LogP contribution in [0.2, 0.25) is 0 Å². The highest BCUT2D eigenvalue weighted by molar-refractivity contribution is 8.00. The van der Waals surface area contributed by atoms with E-state index >= 15 is 0 Å². The molecule has 2 aliphatic rings. The lowest BCUT2D eigenvalue weighted by molar-refractivity contribution is -0.150. The van der Waals surface area contributed by atoms with E-state index in [1.54, 1.807) is 5.38 Å². The molecule has 1 saturated heterocycles. The molecule has 1 aromatic heterocycles. The fourth-order valence-electron chi connectivity index (χ4n) is 2.70. The summed E-state index contributed by atoms with van der Waals surface area (Å²) in [7, 11) is 1.27. The normalized spacial score (nSPS) is 22.0. The van der Waals surface area contributed by atoms with E-state index in [0.29, 0.717) is 11.3 Å². The summed E-state index contributed by atoms with van der Waals surface area (Å²) < 4.78 is 0. The topological polar surface area (TPSA) is 147 Å². The molecule has 0 saturated carbocycles. The average molecular weight is 409 g/mol. The third kappa shape index (κ3) is 3.28. The van der Waals surface area contributed by atoms with Crippen molar-refractivity contribution in [2.75, 3.05) is 18.6 Å². The second-order valence-corrected chi connectivity index (χ2v) is 7.43. The number of nitrogen functional groups attached to an aromatic ring is 1. The molecular weight excluding hydrogens is 394 g/mol. The lowest BCUT2D eigenvalue weighted by Gasteiger charge is -2.49. The third-order valence-electron chi connectivity index (χ3n) is 3.90. The molecule has 1 aromatic rings. The molecule has 0 aromatic carbocycles. The van der Waals surface area contributed by atoms with Crippen LogP contribution in [0, 0.1) is 0 Å². The molecule has 1 fully saturated rings. The predicted molar refractivity (Wildman–Crippen MR) is 100.0 cm³/mol. The van der Waals surface area contributed by atoms with E-state index in [-0.39, 0.29) is 22.2 Å². The number of β-lactam (4-membered cyclic amide) rings is 1. The molecule has 0 bridgehead atoms. The number of amides is 2. The summed E-state index contributed by atoms with van der Waals surface area (Å²) in [6, 6.07) is -0.888. The Hall–Kier alpha value is -2.86. The molecule has 10 nitrogen and oxygen atoms in total. The second kappa shape index (κ2) is 7.40. The van der Waals surface area contributed by atoms with Gasteiger partial charge in [-0.2, -0.15) is 0 Å². The molecule has 12 heteroatoms. The maximum absolute atomic E-state index is 12.6. The summed E-state index contributed by atoms with van der Waals surface area (Å²) in [6.07, 6.45) is 1.42. The third-order valence-corrected chi connectivity index (χ3v) is 5.87. The maximum atomic E-state index is 12.6. The van der Waals surface area contributed by atoms with Crippen molar-refractivity contribution in [1.29, 1.82) is 0 Å². The number of oxime groups is 1. The Bertz CT molecular complexity index is 893. The van der Waals surface area contributed by atoms with Gasteiger partial charge in [-0.15, -0.1) is 23.1 Å². The average Bonchev–Trinajstić information content (AvgIpc) is 3.08. The van der Waals surface area contributed by atoms with Gasteiger partial charge in [0.05, 0.1) is 0 Å². The number of nitrogens with one attached hydrogen (secondary N) is 1. The van der Waals surface area contributed by atoms with Gasteiger partial charge in [0.2, 0.25) is 0 Å². The number of thiazole rings is 1. The Morgan fingerprint density at radius 1 is 1.59 bits per heavy atom. The molecule has 142 valence electrons. The summed E-state index contributed by atoms with van der Waals surface area (Å²) in [5.74, 6) is -2.04. The number of aromatic nitrogens is 1. The van der Waals surface area contributed by atoms with Crippen LogP contribution in [0.3, 0.4) is 0 Å². The van der Waals surface area contributed by atoms with Gasteiger partial charge in [-0.3, -0.25) is 14.5 Å². The van der Waals surface area contributed by atoms with Gasteiger partial charge in [0.15, 0.2) is 10.8 Å². The van der Waals surface area contributed by atoms with Crippen molar-refractivity contribution in [3.8, 4) is 0 Å². The number of hydrogen-bond donors (Lipinski definition) is 3. The number of carboxylic acid groups (broad SMARTS) is 1. The highest BCUT2D eigenvalue weighted by atomic mass is 32.2. The molecule has 27 heavy (non-hydrogen) atoms. The van der Waals surface area contributed by atoms with Crippen LogP contribution in [-0.4, -0.2) is 62.8 Å². The number of hydrogen-bond acceptors (Lipinski definition) is 9. The zero-order valence-electron chi connectivity index (χ0n) is 14.0. The van der Waals surface area contributed by atoms with E-state index < -0.39 is 29.2 Å². The van der Waals surface area contributed by atoms with E-state index in [1.807, 2.05) is 0 Å². The Kier molecular flexibility index (Phi) is 5.19. The summed E-state index contributed by atoms with van der Waals surface area (Å²) in [6.45, 7) is 3.58. The molecule has 0 radical (unpaired) electrons. The van der Waals surface area contributed by atoms with E-state index in [0.717, 1.165) is 16.2 Å². The Morgan fingerprint density at radius 2 is 2.33 bits per heavy atom. The SMILES string of the molecule is C=CC1=C(C(=O)O)N2C(=O)[C@@H](NC(=O)C(=NOC)c3csc(N)n3)[C@H]2SC1. The first-order valence-corrected chi connectivity index (χ1v) is 9.48. The number of nitrogens with two attached hydrogens (primary N) is 1. The van der Waals surface area contributed by atoms with Crippen LogP contribution in [-0.2, 0) is 19.2 Å². The molecular formula is C15H15N5O5S2. The van der Waals surface area contributed by atoms with Crippen molar-refractivity contribution in [2.45, 2.75) is 11.4 Å². The number of carbonyl (C=O) groups excluding carboxylic acids is 2. The maximum Gasteiger partial charge on any atom is 0.352 e. The predicted octanol–water partition coefficient (Wildman–Crippen LogP) is 0.000400. The fourth-order valence-corrected chi connectivity index (χ4v) is 4.59. The molecule has 3 heterocycles. The molecule has 2 aliphatic heterocycles. The molecule has 2 atom stereocenters. The molecule has 2 amide bonds. The number of allylic oxidation sites excluding steroid dienone is 1. The van der Waals surface area contributed by atoms with Crippen LogP contribution >= 0.6 is 23.1 Å². The zero-order valence-corrected chi connectivity index (χ0v) is 15.7. The highest BCUT2D eigenvalue weighted by Gasteiger charge is 2.54. The standard InChI is InChI=1S/C15H15N5O5S2/c1-3-6-4-26-13-9(12(22)20(13)10(6)14(23)24)18-11(21)8(19-25-2)7-5-27-15(16)17-7/h3,5,9,13H,1,4H2,2H3,(H2,16,17)(H,18,21)(H,23,24)/t9-,13-/m1/s1. The molecule has 0 aliphatic carbocycles. The fraction of sp³-hybridized carbons (Fsp3) is 0.267. The van der Waals surface area contributed by atoms with Gasteiger partial charge in [0.25, 0.3) is 11.8 Å². The van der Waals surface area contributed by atoms with Crippen LogP contribution in [0.1, 0.15) is 5.69 Å². The van der Waals surface area contributed by atoms with Gasteiger partial charge in [0.1, 0.15) is 29.9 Å². The van der Waals surface area contributed by atoms with Crippen LogP contribution in [0.4, 0.5) is 5.13 Å². The van der Waals surface area contributed by atoms with Gasteiger partial charge < -0.3 is 21.0 Å². The summed E-state index contributed by atoms with van der Waals surface area (Å²) in [4.78, 5) is 46.4. The molecule has 3 rings (SSSR count). The lowest BCUT2D eigenvalue weighted by Crippen LogP contribution is -2.71. The first-order valence-electron chi connectivity index (χ1n) is 7.56. The van der Waals surface area contributed by atoms with Crippen molar-refractivity contribution < 1.29 is 24.3 Å². The van der Waals surface area contributed by atoms with Crippen LogP contribution < -0.4 is 11.1 Å². The minimum Gasteiger partial charge on any atom is -0.477 e. The first kappa shape index (κ1) is 18.9. The lowest BCUT2D eigenvalue weighted by atomic mass is 10.0. The highest BCUT2D eigenvalue weighted by Crippen LogP contribution is 2.40. The van der Waals surface area contributed by atoms with Gasteiger partial charge in [-0.05, 0) is 5.57 Å². The number of rotatable bonds is 6. The van der Waals surface area contributed by atoms with E-state index in [4.69, 9.17) is 5.73 Å². The molecule has 0 unspecified atom stereocenters. The quantitative estimate of drug-likeness (QED) is 0.338. The number of fused-ring (bicyclic) bond motifs is 1. The Labute approximate surface area is 161 Å². The largest absolute Gasteiger partial charge is 0.477 e. The van der Waals surface area contributed by atoms with Gasteiger partial charge in [-0.25, -0.2) is 9.78 Å².